The molecule has 30 heavy (non-hydrogen) atoms. The fourth-order valence-corrected chi connectivity index (χ4v) is 3.85. The number of hydrogen-bond acceptors (Lipinski definition) is 4. The third-order valence-electron chi connectivity index (χ3n) is 4.86. The van der Waals surface area contributed by atoms with Crippen LogP contribution in [0.25, 0.3) is 44.6 Å². The van der Waals surface area contributed by atoms with Gasteiger partial charge in [-0.05, 0) is 30.3 Å². The Morgan fingerprint density at radius 2 is 1.00 bits per heavy atom. The second-order valence-electron chi connectivity index (χ2n) is 6.75. The van der Waals surface area contributed by atoms with E-state index in [4.69, 9.17) is 32.0 Å². The van der Waals surface area contributed by atoms with E-state index in [0.717, 1.165) is 0 Å². The fourth-order valence-electron chi connectivity index (χ4n) is 3.39. The Kier molecular flexibility index (Phi) is 4.46. The summed E-state index contributed by atoms with van der Waals surface area (Å²) in [5.74, 6) is 0.670. The lowest BCUT2D eigenvalue weighted by Crippen LogP contribution is -2.05. The molecule has 0 unspecified atom stereocenters. The minimum absolute atomic E-state index is 0.275. The van der Waals surface area contributed by atoms with Crippen LogP contribution in [0, 0.1) is 0 Å². The molecule has 0 N–H and O–H groups in total. The normalized spacial score (nSPS) is 11.3. The molecule has 146 valence electrons. The largest absolute Gasteiger partial charge is 0.456 e. The highest BCUT2D eigenvalue weighted by molar-refractivity contribution is 6.33. The number of benzene rings is 3. The van der Waals surface area contributed by atoms with E-state index in [1.807, 2.05) is 0 Å². The molecule has 5 rings (SSSR count). The summed E-state index contributed by atoms with van der Waals surface area (Å²) in [6, 6.07) is 20.0. The zero-order valence-electron chi connectivity index (χ0n) is 15.3. The Balaban J connectivity index is 1.79. The monoisotopic (exact) mass is 434 g/mol. The van der Waals surface area contributed by atoms with E-state index in [9.17, 15) is 9.59 Å². The van der Waals surface area contributed by atoms with Crippen LogP contribution < -0.4 is 10.9 Å². The van der Waals surface area contributed by atoms with E-state index in [1.54, 1.807) is 54.6 Å². The molecule has 2 heterocycles. The highest BCUT2D eigenvalue weighted by Gasteiger charge is 2.14. The van der Waals surface area contributed by atoms with Crippen molar-refractivity contribution in [2.75, 3.05) is 0 Å². The van der Waals surface area contributed by atoms with Gasteiger partial charge in [-0.1, -0.05) is 47.5 Å². The predicted molar refractivity (Wildman–Crippen MR) is 119 cm³/mol. The van der Waals surface area contributed by atoms with Gasteiger partial charge in [-0.25, -0.2) is 0 Å². The molecular weight excluding hydrogens is 423 g/mol. The Bertz CT molecular complexity index is 1450. The molecule has 0 atom stereocenters. The van der Waals surface area contributed by atoms with Crippen molar-refractivity contribution in [1.29, 1.82) is 0 Å². The van der Waals surface area contributed by atoms with Crippen molar-refractivity contribution in [2.24, 2.45) is 0 Å². The predicted octanol–water partition coefficient (Wildman–Crippen LogP) is 6.54. The first-order valence-corrected chi connectivity index (χ1v) is 9.82. The van der Waals surface area contributed by atoms with Gasteiger partial charge in [-0.2, -0.15) is 0 Å². The number of fused-ring (bicyclic) bond motifs is 2. The van der Waals surface area contributed by atoms with Crippen LogP contribution in [0.5, 0.6) is 0 Å². The van der Waals surface area contributed by atoms with Gasteiger partial charge in [0.1, 0.15) is 22.7 Å². The molecule has 0 saturated heterocycles. The molecule has 0 amide bonds. The number of halogens is 2. The molecule has 0 aliphatic rings. The van der Waals surface area contributed by atoms with Crippen molar-refractivity contribution in [3.63, 3.8) is 0 Å². The van der Waals surface area contributed by atoms with Gasteiger partial charge in [0.15, 0.2) is 10.9 Å². The first-order valence-electron chi connectivity index (χ1n) is 9.07. The van der Waals surface area contributed by atoms with Crippen LogP contribution >= 0.6 is 23.2 Å². The van der Waals surface area contributed by atoms with Gasteiger partial charge in [0.2, 0.25) is 0 Å². The summed E-state index contributed by atoms with van der Waals surface area (Å²) < 4.78 is 11.9. The van der Waals surface area contributed by atoms with Crippen LogP contribution in [0.1, 0.15) is 0 Å². The molecule has 0 bridgehead atoms. The minimum atomic E-state index is -0.275. The Morgan fingerprint density at radius 3 is 1.43 bits per heavy atom. The Hall–Kier alpha value is -3.34. The summed E-state index contributed by atoms with van der Waals surface area (Å²) in [7, 11) is 0. The molecule has 0 spiro atoms. The highest BCUT2D eigenvalue weighted by Crippen LogP contribution is 2.32. The van der Waals surface area contributed by atoms with E-state index >= 15 is 0 Å². The van der Waals surface area contributed by atoms with Crippen molar-refractivity contribution < 1.29 is 8.83 Å². The van der Waals surface area contributed by atoms with Crippen molar-refractivity contribution in [2.45, 2.75) is 0 Å². The van der Waals surface area contributed by atoms with Gasteiger partial charge in [-0.15, -0.1) is 0 Å². The smallest absolute Gasteiger partial charge is 0.193 e. The maximum absolute atomic E-state index is 12.7. The fraction of sp³-hybridized carbons (Fsp3) is 0. The topological polar surface area (TPSA) is 60.4 Å². The van der Waals surface area contributed by atoms with Crippen molar-refractivity contribution in [3.8, 4) is 22.6 Å². The molecular formula is C24H12Cl2O4. The van der Waals surface area contributed by atoms with Crippen LogP contribution in [-0.2, 0) is 0 Å². The molecule has 0 saturated carbocycles. The van der Waals surface area contributed by atoms with Gasteiger partial charge in [0.05, 0.1) is 20.8 Å². The van der Waals surface area contributed by atoms with Crippen molar-refractivity contribution in [1.82, 2.24) is 0 Å². The summed E-state index contributed by atoms with van der Waals surface area (Å²) in [4.78, 5) is 25.4. The summed E-state index contributed by atoms with van der Waals surface area (Å²) in [5.41, 5.74) is 1.24. The van der Waals surface area contributed by atoms with Gasteiger partial charge < -0.3 is 8.83 Å². The third kappa shape index (κ3) is 3.11. The molecule has 5 aromatic rings. The standard InChI is InChI=1S/C24H12Cl2O4/c25-17-7-3-1-5-13(17)21-10-19(27)15-9-16-20(28)11-22(14-6-2-4-8-18(14)26)30-24(16)12-23(15)29-21/h1-12H. The second-order valence-corrected chi connectivity index (χ2v) is 7.57. The quantitative estimate of drug-likeness (QED) is 0.296. The summed E-state index contributed by atoms with van der Waals surface area (Å²) >= 11 is 12.5. The number of hydrogen-bond donors (Lipinski definition) is 0. The molecule has 0 aliphatic heterocycles. The number of rotatable bonds is 2. The minimum Gasteiger partial charge on any atom is -0.456 e. The second kappa shape index (κ2) is 7.17. The summed E-state index contributed by atoms with van der Waals surface area (Å²) in [6.07, 6.45) is 0. The van der Waals surface area contributed by atoms with Crippen LogP contribution in [0.2, 0.25) is 10.0 Å². The highest BCUT2D eigenvalue weighted by atomic mass is 35.5. The lowest BCUT2D eigenvalue weighted by atomic mass is 10.1. The van der Waals surface area contributed by atoms with Crippen LogP contribution in [0.4, 0.5) is 0 Å². The Labute approximate surface area is 179 Å². The molecule has 6 heteroatoms. The van der Waals surface area contributed by atoms with Gasteiger partial charge >= 0.3 is 0 Å². The van der Waals surface area contributed by atoms with Gasteiger partial charge in [0, 0.05) is 29.3 Å². The van der Waals surface area contributed by atoms with Crippen LogP contribution in [0.3, 0.4) is 0 Å². The SMILES string of the molecule is O=c1cc(-c2ccccc2Cl)oc2cc3oc(-c4ccccc4Cl)cc(=O)c3cc12. The van der Waals surface area contributed by atoms with Crippen molar-refractivity contribution in [3.05, 3.63) is 103 Å². The zero-order chi connectivity index (χ0) is 20.8. The average Bonchev–Trinajstić information content (AvgIpc) is 2.73. The van der Waals surface area contributed by atoms with E-state index in [0.29, 0.717) is 43.9 Å². The maximum atomic E-state index is 12.7. The molecule has 2 aromatic heterocycles. The average molecular weight is 435 g/mol. The van der Waals surface area contributed by atoms with E-state index < -0.39 is 0 Å². The third-order valence-corrected chi connectivity index (χ3v) is 5.51. The molecule has 3 aromatic carbocycles. The summed E-state index contributed by atoms with van der Waals surface area (Å²) in [5, 5.41) is 1.51. The lowest BCUT2D eigenvalue weighted by molar-refractivity contribution is 0.606. The van der Waals surface area contributed by atoms with Gasteiger partial charge in [-0.3, -0.25) is 9.59 Å². The maximum Gasteiger partial charge on any atom is 0.193 e. The summed E-state index contributed by atoms with van der Waals surface area (Å²) in [6.45, 7) is 0. The molecule has 0 aliphatic carbocycles. The van der Waals surface area contributed by atoms with E-state index in [1.165, 1.54) is 18.2 Å². The first kappa shape index (κ1) is 18.7. The Morgan fingerprint density at radius 1 is 0.567 bits per heavy atom. The van der Waals surface area contributed by atoms with E-state index in [2.05, 4.69) is 0 Å². The van der Waals surface area contributed by atoms with Crippen molar-refractivity contribution >= 4 is 45.1 Å². The zero-order valence-corrected chi connectivity index (χ0v) is 16.8. The van der Waals surface area contributed by atoms with Crippen LogP contribution in [0.15, 0.2) is 91.2 Å². The molecule has 0 fully saturated rings. The van der Waals surface area contributed by atoms with E-state index in [-0.39, 0.29) is 21.6 Å². The van der Waals surface area contributed by atoms with Crippen LogP contribution in [-0.4, -0.2) is 0 Å². The van der Waals surface area contributed by atoms with Gasteiger partial charge in [0.25, 0.3) is 0 Å². The lowest BCUT2D eigenvalue weighted by Gasteiger charge is -2.07. The first-order chi connectivity index (χ1) is 14.5. The molecule has 4 nitrogen and oxygen atoms in total. The molecule has 0 radical (unpaired) electrons.